The van der Waals surface area contributed by atoms with E-state index in [0.717, 1.165) is 38.5 Å². The largest absolute Gasteiger partial charge is 0.394 e. The van der Waals surface area contributed by atoms with Crippen molar-refractivity contribution in [1.82, 2.24) is 5.32 Å². The predicted octanol–water partition coefficient (Wildman–Crippen LogP) is 14.9. The summed E-state index contributed by atoms with van der Waals surface area (Å²) in [5.41, 5.74) is 0. The van der Waals surface area contributed by atoms with E-state index < -0.39 is 124 Å². The van der Waals surface area contributed by atoms with Gasteiger partial charge in [0.15, 0.2) is 18.9 Å². The van der Waals surface area contributed by atoms with Gasteiger partial charge in [-0.1, -0.05) is 353 Å². The van der Waals surface area contributed by atoms with Gasteiger partial charge in [0.25, 0.3) is 0 Å². The highest BCUT2D eigenvalue weighted by atomic mass is 16.8. The van der Waals surface area contributed by atoms with Gasteiger partial charge in [-0.25, -0.2) is 0 Å². The second-order valence-corrected chi connectivity index (χ2v) is 30.6. The molecule has 0 aliphatic carbocycles. The Kier molecular flexibility index (Phi) is 59.4. The molecule has 0 aromatic carbocycles. The summed E-state index contributed by atoms with van der Waals surface area (Å²) in [5.74, 6) is -0.277. The number of nitrogens with one attached hydrogen (secondary N) is 1. The lowest BCUT2D eigenvalue weighted by Gasteiger charge is -2.48. The van der Waals surface area contributed by atoms with Crippen molar-refractivity contribution in [2.24, 2.45) is 0 Å². The van der Waals surface area contributed by atoms with Gasteiger partial charge in [-0.15, -0.1) is 0 Å². The van der Waals surface area contributed by atoms with Crippen molar-refractivity contribution in [1.29, 1.82) is 0 Å². The molecule has 0 saturated carbocycles. The van der Waals surface area contributed by atoms with Gasteiger partial charge in [0.2, 0.25) is 5.91 Å². The number of hydrogen-bond acceptors (Lipinski definition) is 18. The first-order valence-corrected chi connectivity index (χ1v) is 42.6. The van der Waals surface area contributed by atoms with Crippen LogP contribution in [0.4, 0.5) is 0 Å². The number of ether oxygens (including phenoxy) is 6. The lowest BCUT2D eigenvalue weighted by atomic mass is 9.96. The average Bonchev–Trinajstić information content (AvgIpc) is 0.779. The molecule has 102 heavy (non-hydrogen) atoms. The summed E-state index contributed by atoms with van der Waals surface area (Å²) in [5, 5.41) is 121. The maximum atomic E-state index is 13.5. The molecule has 3 saturated heterocycles. The van der Waals surface area contributed by atoms with E-state index in [9.17, 15) is 61.0 Å². The molecule has 1 amide bonds. The van der Waals surface area contributed by atoms with Gasteiger partial charge in [-0.05, 0) is 32.1 Å². The number of allylic oxidation sites excluding steroid dienone is 3. The number of rotatable bonds is 69. The minimum Gasteiger partial charge on any atom is -0.394 e. The van der Waals surface area contributed by atoms with E-state index in [1.165, 1.54) is 295 Å². The van der Waals surface area contributed by atoms with Crippen molar-refractivity contribution in [3.05, 3.63) is 24.3 Å². The first kappa shape index (κ1) is 94.5. The Morgan fingerprint density at radius 3 is 0.980 bits per heavy atom. The fraction of sp³-hybridized carbons (Fsp3) is 0.940. The first-order valence-electron chi connectivity index (χ1n) is 42.6. The molecular weight excluding hydrogens is 1300 g/mol. The molecule has 19 nitrogen and oxygen atoms in total. The van der Waals surface area contributed by atoms with Gasteiger partial charge in [0.1, 0.15) is 73.2 Å². The maximum Gasteiger partial charge on any atom is 0.220 e. The molecule has 0 bridgehead atoms. The van der Waals surface area contributed by atoms with E-state index in [0.29, 0.717) is 12.8 Å². The van der Waals surface area contributed by atoms with Crippen LogP contribution in [0.25, 0.3) is 0 Å². The lowest BCUT2D eigenvalue weighted by molar-refractivity contribution is -0.379. The SMILES string of the molecule is CCCCCCCCCCCCCCCCCCC/C=C/CC/C=C/C(O)C(COC1OC(CO)C(OC2OC(CO)C(OC3OC(CO)C(O)C(O)C3O)C(O)C2O)C(O)C1O)NC(=O)CCCCCCCCCCCCCCCCCCCCCCCCCCCCCCCCCCCC. The quantitative estimate of drug-likeness (QED) is 0.0199. The maximum absolute atomic E-state index is 13.5. The highest BCUT2D eigenvalue weighted by Crippen LogP contribution is 2.33. The summed E-state index contributed by atoms with van der Waals surface area (Å²) in [6.07, 6.45) is 51.9. The molecule has 17 unspecified atom stereocenters. The Morgan fingerprint density at radius 2 is 0.627 bits per heavy atom. The summed E-state index contributed by atoms with van der Waals surface area (Å²) in [6.45, 7) is 1.78. The number of carbonyl (C=O) groups is 1. The van der Waals surface area contributed by atoms with Gasteiger partial charge < -0.3 is 89.9 Å². The van der Waals surface area contributed by atoms with E-state index >= 15 is 0 Å². The van der Waals surface area contributed by atoms with Crippen LogP contribution in [0.5, 0.6) is 0 Å². The molecule has 12 N–H and O–H groups in total. The number of hydrogen-bond donors (Lipinski definition) is 12. The molecule has 0 radical (unpaired) electrons. The highest BCUT2D eigenvalue weighted by molar-refractivity contribution is 5.76. The molecule has 602 valence electrons. The normalized spacial score (nSPS) is 26.2. The molecule has 0 aromatic rings. The Labute approximate surface area is 619 Å². The predicted molar refractivity (Wildman–Crippen MR) is 406 cm³/mol. The van der Waals surface area contributed by atoms with Crippen molar-refractivity contribution in [2.45, 2.75) is 471 Å². The Morgan fingerprint density at radius 1 is 0.343 bits per heavy atom. The van der Waals surface area contributed by atoms with Gasteiger partial charge >= 0.3 is 0 Å². The van der Waals surface area contributed by atoms with E-state index in [1.54, 1.807) is 6.08 Å². The Bertz CT molecular complexity index is 1940. The third-order valence-corrected chi connectivity index (χ3v) is 21.5. The molecule has 3 aliphatic rings. The minimum atomic E-state index is -1.98. The average molecular weight is 1460 g/mol. The molecule has 3 heterocycles. The number of aliphatic hydroxyl groups is 11. The minimum absolute atomic E-state index is 0.241. The summed E-state index contributed by atoms with van der Waals surface area (Å²) in [7, 11) is 0. The van der Waals surface area contributed by atoms with Crippen LogP contribution in [-0.2, 0) is 33.2 Å². The standard InChI is InChI=1S/C83H157NO18/c1-3-5-7-9-11-13-15-17-19-21-23-25-27-28-29-30-31-32-33-34-35-36-37-39-41-43-45-47-49-51-53-55-57-59-61-71(89)84-66(67(88)60-58-56-54-52-50-48-46-44-42-40-38-26-24-22-20-18-16-14-12-10-8-6-4-2)65-97-81-77(95)74(92)79(69(63-86)99-81)102-83-78(96)75(93)80(70(64-87)100-83)101-82-76(94)73(91)72(90)68(62-85)98-82/h50,52,58,60,66-70,72-83,85-88,90-96H,3-49,51,53-57,59,61-65H2,1-2H3,(H,84,89)/b52-50+,60-58+. The molecule has 0 spiro atoms. The molecular formula is C83H157NO18. The van der Waals surface area contributed by atoms with E-state index in [-0.39, 0.29) is 18.9 Å². The first-order chi connectivity index (χ1) is 49.8. The summed E-state index contributed by atoms with van der Waals surface area (Å²) in [6, 6.07) is -0.988. The van der Waals surface area contributed by atoms with Gasteiger partial charge in [0.05, 0.1) is 38.6 Å². The van der Waals surface area contributed by atoms with Gasteiger partial charge in [-0.3, -0.25) is 4.79 Å². The van der Waals surface area contributed by atoms with Crippen molar-refractivity contribution >= 4 is 5.91 Å². The van der Waals surface area contributed by atoms with Crippen molar-refractivity contribution < 1.29 is 89.4 Å². The Hall–Kier alpha value is -1.73. The molecule has 3 fully saturated rings. The highest BCUT2D eigenvalue weighted by Gasteiger charge is 2.54. The number of unbranched alkanes of at least 4 members (excludes halogenated alkanes) is 51. The second-order valence-electron chi connectivity index (χ2n) is 30.6. The fourth-order valence-corrected chi connectivity index (χ4v) is 14.7. The molecule has 19 heteroatoms. The van der Waals surface area contributed by atoms with Crippen LogP contribution in [0.3, 0.4) is 0 Å². The van der Waals surface area contributed by atoms with Crippen molar-refractivity contribution in [3.63, 3.8) is 0 Å². The zero-order valence-corrected chi connectivity index (χ0v) is 64.6. The second kappa shape index (κ2) is 64.1. The summed E-state index contributed by atoms with van der Waals surface area (Å²) >= 11 is 0. The van der Waals surface area contributed by atoms with Crippen LogP contribution in [0.2, 0.25) is 0 Å². The topological polar surface area (TPSA) is 307 Å². The van der Waals surface area contributed by atoms with Crippen molar-refractivity contribution in [3.8, 4) is 0 Å². The van der Waals surface area contributed by atoms with Crippen LogP contribution in [0.1, 0.15) is 367 Å². The van der Waals surface area contributed by atoms with Gasteiger partial charge in [0, 0.05) is 6.42 Å². The van der Waals surface area contributed by atoms with E-state index in [2.05, 4.69) is 31.3 Å². The zero-order valence-electron chi connectivity index (χ0n) is 64.6. The number of carbonyl (C=O) groups excluding carboxylic acids is 1. The summed E-state index contributed by atoms with van der Waals surface area (Å²) in [4.78, 5) is 13.5. The summed E-state index contributed by atoms with van der Waals surface area (Å²) < 4.78 is 34.5. The lowest BCUT2D eigenvalue weighted by Crippen LogP contribution is -2.66. The van der Waals surface area contributed by atoms with Crippen LogP contribution in [-0.4, -0.2) is 193 Å². The fourth-order valence-electron chi connectivity index (χ4n) is 14.7. The van der Waals surface area contributed by atoms with E-state index in [1.807, 2.05) is 6.08 Å². The van der Waals surface area contributed by atoms with E-state index in [4.69, 9.17) is 28.4 Å². The van der Waals surface area contributed by atoms with Gasteiger partial charge in [-0.2, -0.15) is 0 Å². The van der Waals surface area contributed by atoms with Crippen LogP contribution >= 0.6 is 0 Å². The third-order valence-electron chi connectivity index (χ3n) is 21.5. The zero-order chi connectivity index (χ0) is 73.9. The van der Waals surface area contributed by atoms with Crippen molar-refractivity contribution in [2.75, 3.05) is 26.4 Å². The third kappa shape index (κ3) is 43.5. The number of aliphatic hydroxyl groups excluding tert-OH is 11. The number of amides is 1. The Balaban J connectivity index is 1.34. The molecule has 17 atom stereocenters. The molecule has 3 aliphatic heterocycles. The smallest absolute Gasteiger partial charge is 0.220 e. The molecule has 0 aromatic heterocycles. The van der Waals surface area contributed by atoms with Crippen LogP contribution < -0.4 is 5.32 Å². The monoisotopic (exact) mass is 1460 g/mol. The van der Waals surface area contributed by atoms with Crippen LogP contribution in [0.15, 0.2) is 24.3 Å². The van der Waals surface area contributed by atoms with Crippen LogP contribution in [0, 0.1) is 0 Å². The molecule has 3 rings (SSSR count).